The molecule has 0 radical (unpaired) electrons. The molecule has 7 heteroatoms. The van der Waals surface area contributed by atoms with Crippen LogP contribution >= 0.6 is 11.3 Å². The molecule has 2 nitrogen and oxygen atoms in total. The van der Waals surface area contributed by atoms with Crippen molar-refractivity contribution in [3.05, 3.63) is 11.8 Å². The number of hydrogen-bond acceptors (Lipinski definition) is 2. The van der Waals surface area contributed by atoms with Crippen molar-refractivity contribution in [1.82, 2.24) is 9.78 Å². The maximum atomic E-state index is 12.4. The third-order valence-electron chi connectivity index (χ3n) is 2.04. The van der Waals surface area contributed by atoms with Gasteiger partial charge in [0.1, 0.15) is 4.83 Å². The fourth-order valence-corrected chi connectivity index (χ4v) is 2.41. The van der Waals surface area contributed by atoms with E-state index < -0.39 is 11.8 Å². The first-order valence-corrected chi connectivity index (χ1v) is 4.84. The Hall–Kier alpha value is -0.975. The van der Waals surface area contributed by atoms with E-state index in [1.807, 2.05) is 0 Å². The van der Waals surface area contributed by atoms with Gasteiger partial charge in [0.05, 0.1) is 5.69 Å². The Labute approximate surface area is 82.4 Å². The zero-order valence-corrected chi connectivity index (χ0v) is 8.41. The minimum atomic E-state index is -4.88. The van der Waals surface area contributed by atoms with E-state index in [0.717, 1.165) is 11.3 Å². The second-order valence-electron chi connectivity index (χ2n) is 3.15. The highest BCUT2D eigenvalue weighted by atomic mass is 32.1. The maximum absolute atomic E-state index is 12.4. The van der Waals surface area contributed by atoms with E-state index in [9.17, 15) is 12.9 Å². The van der Waals surface area contributed by atoms with Crippen LogP contribution in [0.3, 0.4) is 0 Å². The van der Waals surface area contributed by atoms with Crippen LogP contribution in [0.2, 0.25) is 0 Å². The molecule has 2 rings (SSSR count). The Morgan fingerprint density at radius 2 is 2.07 bits per heavy atom. The fraction of sp³-hybridized carbons (Fsp3) is 0.286. The van der Waals surface area contributed by atoms with Crippen molar-refractivity contribution in [3.8, 4) is 0 Å². The van der Waals surface area contributed by atoms with E-state index in [1.165, 1.54) is 10.7 Å². The molecule has 2 heterocycles. The zero-order valence-electron chi connectivity index (χ0n) is 7.59. The van der Waals surface area contributed by atoms with Gasteiger partial charge in [0.15, 0.2) is 0 Å². The molecule has 0 aliphatic carbocycles. The van der Waals surface area contributed by atoms with Crippen molar-refractivity contribution in [2.24, 2.45) is 7.05 Å². The molecule has 0 fully saturated rings. The molecule has 0 spiro atoms. The summed E-state index contributed by atoms with van der Waals surface area (Å²) in [5, 5.41) is 4.64. The van der Waals surface area contributed by atoms with Crippen LogP contribution < -0.4 is 4.78 Å². The first kappa shape index (κ1) is 9.58. The number of aryl methyl sites for hydroxylation is 2. The van der Waals surface area contributed by atoms with Gasteiger partial charge in [0.2, 0.25) is 0 Å². The molecule has 0 saturated heterocycles. The predicted octanol–water partition coefficient (Wildman–Crippen LogP) is 2.00. The van der Waals surface area contributed by atoms with Gasteiger partial charge in [0.25, 0.3) is 0 Å². The van der Waals surface area contributed by atoms with Gasteiger partial charge in [-0.25, -0.2) is 0 Å². The lowest BCUT2D eigenvalue weighted by Gasteiger charge is -2.10. The molecule has 0 unspecified atom stereocenters. The molecular formula is C7H7BF3N2S-. The Bertz CT molecular complexity index is 450. The molecule has 0 N–H and O–H groups in total. The maximum Gasteiger partial charge on any atom is 0.519 e. The van der Waals surface area contributed by atoms with E-state index in [4.69, 9.17) is 0 Å². The molecule has 0 aliphatic rings. The lowest BCUT2D eigenvalue weighted by atomic mass is 9.89. The monoisotopic (exact) mass is 219 g/mol. The second kappa shape index (κ2) is 2.76. The summed E-state index contributed by atoms with van der Waals surface area (Å²) in [4.78, 5) is 0.580. The number of fused-ring (bicyclic) bond motifs is 1. The van der Waals surface area contributed by atoms with Gasteiger partial charge in [-0.3, -0.25) is 4.68 Å². The molecule has 0 amide bonds. The number of rotatable bonds is 1. The molecule has 0 aliphatic heterocycles. The predicted molar refractivity (Wildman–Crippen MR) is 52.0 cm³/mol. The summed E-state index contributed by atoms with van der Waals surface area (Å²) in [5.74, 6) is 0. The number of hydrogen-bond donors (Lipinski definition) is 0. The number of nitrogens with zero attached hydrogens (tertiary/aromatic N) is 2. The van der Waals surface area contributed by atoms with Crippen molar-refractivity contribution < 1.29 is 12.9 Å². The van der Waals surface area contributed by atoms with Gasteiger partial charge in [-0.1, -0.05) is 10.8 Å². The van der Waals surface area contributed by atoms with Crippen LogP contribution in [-0.4, -0.2) is 16.8 Å². The topological polar surface area (TPSA) is 17.8 Å². The molecule has 0 saturated carbocycles. The van der Waals surface area contributed by atoms with Gasteiger partial charge >= 0.3 is 6.98 Å². The Morgan fingerprint density at radius 3 is 2.57 bits per heavy atom. The van der Waals surface area contributed by atoms with Crippen LogP contribution in [0.25, 0.3) is 10.2 Å². The minimum absolute atomic E-state index is 0.504. The average molecular weight is 219 g/mol. The Balaban J connectivity index is 2.69. The van der Waals surface area contributed by atoms with Crippen LogP contribution in [0.15, 0.2) is 6.07 Å². The number of halogens is 3. The van der Waals surface area contributed by atoms with Crippen LogP contribution in [0, 0.1) is 6.92 Å². The van der Waals surface area contributed by atoms with Crippen LogP contribution in [0.5, 0.6) is 0 Å². The minimum Gasteiger partial charge on any atom is -0.444 e. The van der Waals surface area contributed by atoms with Gasteiger partial charge in [-0.2, -0.15) is 16.4 Å². The van der Waals surface area contributed by atoms with Crippen molar-refractivity contribution in [2.75, 3.05) is 0 Å². The third-order valence-corrected chi connectivity index (χ3v) is 3.34. The van der Waals surface area contributed by atoms with Gasteiger partial charge in [0, 0.05) is 12.4 Å². The molecule has 0 atom stereocenters. The highest BCUT2D eigenvalue weighted by Gasteiger charge is 2.28. The quantitative estimate of drug-likeness (QED) is 0.670. The first-order valence-electron chi connectivity index (χ1n) is 4.02. The Morgan fingerprint density at radius 1 is 1.43 bits per heavy atom. The SMILES string of the molecule is Cc1nn(C)c2sc([B-](F)(F)F)cc12. The van der Waals surface area contributed by atoms with E-state index in [2.05, 4.69) is 5.10 Å². The van der Waals surface area contributed by atoms with Crippen molar-refractivity contribution in [1.29, 1.82) is 0 Å². The summed E-state index contributed by atoms with van der Waals surface area (Å²) in [6.07, 6.45) is 0. The number of aromatic nitrogens is 2. The largest absolute Gasteiger partial charge is 0.519 e. The third kappa shape index (κ3) is 1.32. The molecular weight excluding hydrogens is 212 g/mol. The lowest BCUT2D eigenvalue weighted by Crippen LogP contribution is -2.30. The molecule has 0 aromatic carbocycles. The summed E-state index contributed by atoms with van der Waals surface area (Å²) in [5.41, 5.74) is 0.644. The van der Waals surface area contributed by atoms with Crippen LogP contribution in [0.4, 0.5) is 12.9 Å². The lowest BCUT2D eigenvalue weighted by molar-refractivity contribution is 0.503. The van der Waals surface area contributed by atoms with Gasteiger partial charge in [-0.15, -0.1) is 0 Å². The van der Waals surface area contributed by atoms with Crippen LogP contribution in [0.1, 0.15) is 5.69 Å². The summed E-state index contributed by atoms with van der Waals surface area (Å²) < 4.78 is 38.2. The smallest absolute Gasteiger partial charge is 0.444 e. The van der Waals surface area contributed by atoms with E-state index in [-0.39, 0.29) is 0 Å². The summed E-state index contributed by atoms with van der Waals surface area (Å²) in [6, 6.07) is 1.18. The highest BCUT2D eigenvalue weighted by molar-refractivity contribution is 7.29. The van der Waals surface area contributed by atoms with E-state index in [1.54, 1.807) is 14.0 Å². The highest BCUT2D eigenvalue weighted by Crippen LogP contribution is 2.25. The summed E-state index contributed by atoms with van der Waals surface area (Å²) in [6.45, 7) is -3.17. The fourth-order valence-electron chi connectivity index (χ4n) is 1.39. The Kier molecular flexibility index (Phi) is 1.89. The van der Waals surface area contributed by atoms with Gasteiger partial charge in [-0.05, 0) is 6.92 Å². The number of thiophene rings is 1. The van der Waals surface area contributed by atoms with Crippen molar-refractivity contribution >= 4 is 33.3 Å². The zero-order chi connectivity index (χ0) is 10.5. The summed E-state index contributed by atoms with van der Waals surface area (Å²) in [7, 11) is 1.65. The summed E-state index contributed by atoms with van der Waals surface area (Å²) >= 11 is 0.755. The van der Waals surface area contributed by atoms with E-state index >= 15 is 0 Å². The van der Waals surface area contributed by atoms with Gasteiger partial charge < -0.3 is 12.9 Å². The normalized spacial score (nSPS) is 12.6. The molecule has 0 bridgehead atoms. The van der Waals surface area contributed by atoms with Crippen molar-refractivity contribution in [3.63, 3.8) is 0 Å². The standard InChI is InChI=1S/C7H7BF3N2S/c1-4-5-3-6(8(9,10)11)14-7(5)13(2)12-4/h3H,1-2H3/q-1. The molecule has 2 aromatic heterocycles. The molecule has 2 aromatic rings. The average Bonchev–Trinajstić information content (AvgIpc) is 2.53. The van der Waals surface area contributed by atoms with E-state index in [0.29, 0.717) is 15.9 Å². The molecule has 76 valence electrons. The second-order valence-corrected chi connectivity index (χ2v) is 4.21. The molecule has 14 heavy (non-hydrogen) atoms. The van der Waals surface area contributed by atoms with Crippen LogP contribution in [-0.2, 0) is 7.05 Å². The first-order chi connectivity index (χ1) is 6.39. The van der Waals surface area contributed by atoms with Crippen molar-refractivity contribution in [2.45, 2.75) is 6.92 Å².